The minimum Gasteiger partial charge on any atom is -0.468 e. The van der Waals surface area contributed by atoms with Gasteiger partial charge in [0, 0.05) is 6.54 Å². The molecule has 0 aromatic carbocycles. The van der Waals surface area contributed by atoms with E-state index in [9.17, 15) is 4.79 Å². The molecular weight excluding hydrogens is 270 g/mol. The zero-order valence-electron chi connectivity index (χ0n) is 12.8. The van der Waals surface area contributed by atoms with Gasteiger partial charge in [0.05, 0.1) is 18.4 Å². The Hall–Kier alpha value is -1.37. The maximum atomic E-state index is 11.9. The summed E-state index contributed by atoms with van der Waals surface area (Å²) in [5, 5.41) is 6.18. The van der Waals surface area contributed by atoms with Crippen LogP contribution >= 0.6 is 0 Å². The highest BCUT2D eigenvalue weighted by molar-refractivity contribution is 5.77. The molecule has 1 fully saturated rings. The Morgan fingerprint density at radius 2 is 2.29 bits per heavy atom. The molecule has 2 rings (SSSR count). The van der Waals surface area contributed by atoms with Gasteiger partial charge in [0.1, 0.15) is 12.4 Å². The van der Waals surface area contributed by atoms with Gasteiger partial charge in [-0.2, -0.15) is 0 Å². The van der Waals surface area contributed by atoms with Gasteiger partial charge in [0.15, 0.2) is 0 Å². The molecule has 1 aliphatic rings. The van der Waals surface area contributed by atoms with Crippen molar-refractivity contribution in [3.8, 4) is 0 Å². The fourth-order valence-electron chi connectivity index (χ4n) is 2.44. The number of furan rings is 1. The number of hydrogen-bond donors (Lipinski definition) is 2. The van der Waals surface area contributed by atoms with Gasteiger partial charge in [-0.3, -0.25) is 9.69 Å². The Balaban J connectivity index is 1.71. The monoisotopic (exact) mass is 295 g/mol. The van der Waals surface area contributed by atoms with Crippen molar-refractivity contribution < 1.29 is 13.9 Å². The zero-order valence-corrected chi connectivity index (χ0v) is 12.8. The first-order valence-corrected chi connectivity index (χ1v) is 7.45. The first-order valence-electron chi connectivity index (χ1n) is 7.45. The number of ether oxygens (including phenoxy) is 1. The number of likely N-dealkylation sites (N-methyl/N-ethyl adjacent to an activating group) is 1. The average molecular weight is 295 g/mol. The standard InChI is InChI=1S/C15H25N3O3/c1-18(2)13(14-4-3-9-20-14)10-17-15(19)11-21-12-5-7-16-8-6-12/h3-4,9,12-13,16H,5-8,10-11H2,1-2H3,(H,17,19). The third-order valence-corrected chi connectivity index (χ3v) is 3.72. The van der Waals surface area contributed by atoms with Crippen LogP contribution in [0.2, 0.25) is 0 Å². The number of amides is 1. The van der Waals surface area contributed by atoms with E-state index in [1.54, 1.807) is 6.26 Å². The predicted molar refractivity (Wildman–Crippen MR) is 80.0 cm³/mol. The molecule has 21 heavy (non-hydrogen) atoms. The van der Waals surface area contributed by atoms with Gasteiger partial charge in [-0.1, -0.05) is 0 Å². The molecule has 6 heteroatoms. The number of hydrogen-bond acceptors (Lipinski definition) is 5. The molecule has 1 aromatic heterocycles. The second kappa shape index (κ2) is 8.17. The molecule has 1 amide bonds. The fraction of sp³-hybridized carbons (Fsp3) is 0.667. The van der Waals surface area contributed by atoms with Crippen molar-refractivity contribution in [3.63, 3.8) is 0 Å². The minimum atomic E-state index is -0.0769. The predicted octanol–water partition coefficient (Wildman–Crippen LogP) is 0.767. The van der Waals surface area contributed by atoms with Crippen molar-refractivity contribution in [2.75, 3.05) is 40.3 Å². The average Bonchev–Trinajstić information content (AvgIpc) is 3.00. The molecule has 1 atom stereocenters. The van der Waals surface area contributed by atoms with Crippen LogP contribution in [0, 0.1) is 0 Å². The molecular formula is C15H25N3O3. The van der Waals surface area contributed by atoms with E-state index in [0.29, 0.717) is 6.54 Å². The number of rotatable bonds is 7. The van der Waals surface area contributed by atoms with E-state index in [1.165, 1.54) is 0 Å². The summed E-state index contributed by atoms with van der Waals surface area (Å²) in [5.41, 5.74) is 0. The highest BCUT2D eigenvalue weighted by atomic mass is 16.5. The van der Waals surface area contributed by atoms with Crippen molar-refractivity contribution in [1.82, 2.24) is 15.5 Å². The maximum Gasteiger partial charge on any atom is 0.246 e. The van der Waals surface area contributed by atoms with Crippen molar-refractivity contribution in [2.24, 2.45) is 0 Å². The van der Waals surface area contributed by atoms with E-state index >= 15 is 0 Å². The number of nitrogens with one attached hydrogen (secondary N) is 2. The molecule has 1 aromatic rings. The highest BCUT2D eigenvalue weighted by Gasteiger charge is 2.19. The lowest BCUT2D eigenvalue weighted by atomic mass is 10.1. The molecule has 0 aliphatic carbocycles. The van der Waals surface area contributed by atoms with E-state index in [4.69, 9.17) is 9.15 Å². The smallest absolute Gasteiger partial charge is 0.246 e. The number of piperidine rings is 1. The second-order valence-corrected chi connectivity index (χ2v) is 5.56. The van der Waals surface area contributed by atoms with Crippen LogP contribution < -0.4 is 10.6 Å². The summed E-state index contributed by atoms with van der Waals surface area (Å²) in [6.07, 6.45) is 3.79. The van der Waals surface area contributed by atoms with Gasteiger partial charge in [0.25, 0.3) is 0 Å². The Kier molecular flexibility index (Phi) is 6.22. The third kappa shape index (κ3) is 5.15. The van der Waals surface area contributed by atoms with Crippen LogP contribution in [0.5, 0.6) is 0 Å². The number of nitrogens with zero attached hydrogens (tertiary/aromatic N) is 1. The fourth-order valence-corrected chi connectivity index (χ4v) is 2.44. The molecule has 118 valence electrons. The van der Waals surface area contributed by atoms with Gasteiger partial charge in [-0.25, -0.2) is 0 Å². The summed E-state index contributed by atoms with van der Waals surface area (Å²) < 4.78 is 11.1. The lowest BCUT2D eigenvalue weighted by Crippen LogP contribution is -2.38. The largest absolute Gasteiger partial charge is 0.468 e. The molecule has 1 saturated heterocycles. The Bertz CT molecular complexity index is 414. The quantitative estimate of drug-likeness (QED) is 0.778. The lowest BCUT2D eigenvalue weighted by molar-refractivity contribution is -0.128. The van der Waals surface area contributed by atoms with Gasteiger partial charge in [-0.05, 0) is 52.2 Å². The molecule has 2 heterocycles. The van der Waals surface area contributed by atoms with Gasteiger partial charge in [-0.15, -0.1) is 0 Å². The van der Waals surface area contributed by atoms with Gasteiger partial charge < -0.3 is 19.8 Å². The lowest BCUT2D eigenvalue weighted by Gasteiger charge is -2.24. The maximum absolute atomic E-state index is 11.9. The van der Waals surface area contributed by atoms with E-state index in [1.807, 2.05) is 31.1 Å². The molecule has 0 saturated carbocycles. The van der Waals surface area contributed by atoms with Crippen LogP contribution in [0.1, 0.15) is 24.6 Å². The first-order chi connectivity index (χ1) is 10.2. The normalized spacial score (nSPS) is 17.9. The van der Waals surface area contributed by atoms with Crippen molar-refractivity contribution in [1.29, 1.82) is 0 Å². The Morgan fingerprint density at radius 3 is 2.90 bits per heavy atom. The number of carbonyl (C=O) groups is 1. The highest BCUT2D eigenvalue weighted by Crippen LogP contribution is 2.17. The van der Waals surface area contributed by atoms with Crippen LogP contribution in [-0.2, 0) is 9.53 Å². The Morgan fingerprint density at radius 1 is 1.52 bits per heavy atom. The van der Waals surface area contributed by atoms with Crippen molar-refractivity contribution in [2.45, 2.75) is 25.0 Å². The van der Waals surface area contributed by atoms with Crippen LogP contribution in [-0.4, -0.2) is 57.2 Å². The summed E-state index contributed by atoms with van der Waals surface area (Å²) >= 11 is 0. The van der Waals surface area contributed by atoms with Gasteiger partial charge >= 0.3 is 0 Å². The zero-order chi connectivity index (χ0) is 15.1. The molecule has 6 nitrogen and oxygen atoms in total. The van der Waals surface area contributed by atoms with Crippen LogP contribution in [0.15, 0.2) is 22.8 Å². The minimum absolute atomic E-state index is 0.0304. The molecule has 1 aliphatic heterocycles. The number of carbonyl (C=O) groups excluding carboxylic acids is 1. The van der Waals surface area contributed by atoms with E-state index in [2.05, 4.69) is 10.6 Å². The molecule has 0 bridgehead atoms. The summed E-state index contributed by atoms with van der Waals surface area (Å²) in [6.45, 7) is 2.57. The van der Waals surface area contributed by atoms with E-state index < -0.39 is 0 Å². The van der Waals surface area contributed by atoms with Crippen LogP contribution in [0.4, 0.5) is 0 Å². The topological polar surface area (TPSA) is 66.7 Å². The molecule has 0 radical (unpaired) electrons. The SMILES string of the molecule is CN(C)C(CNC(=O)COC1CCNCC1)c1ccco1. The summed E-state index contributed by atoms with van der Waals surface area (Å²) in [6, 6.07) is 3.80. The second-order valence-electron chi connectivity index (χ2n) is 5.56. The first kappa shape index (κ1) is 16.0. The molecule has 1 unspecified atom stereocenters. The van der Waals surface area contributed by atoms with Crippen molar-refractivity contribution >= 4 is 5.91 Å². The Labute approximate surface area is 125 Å². The summed E-state index contributed by atoms with van der Waals surface area (Å²) in [4.78, 5) is 13.9. The van der Waals surface area contributed by atoms with Crippen LogP contribution in [0.3, 0.4) is 0 Å². The van der Waals surface area contributed by atoms with Crippen molar-refractivity contribution in [3.05, 3.63) is 24.2 Å². The molecule has 0 spiro atoms. The van der Waals surface area contributed by atoms with Crippen LogP contribution in [0.25, 0.3) is 0 Å². The molecule has 2 N–H and O–H groups in total. The third-order valence-electron chi connectivity index (χ3n) is 3.72. The van der Waals surface area contributed by atoms with E-state index in [-0.39, 0.29) is 24.7 Å². The van der Waals surface area contributed by atoms with Gasteiger partial charge in [0.2, 0.25) is 5.91 Å². The summed E-state index contributed by atoms with van der Waals surface area (Å²) in [5.74, 6) is 0.770. The summed E-state index contributed by atoms with van der Waals surface area (Å²) in [7, 11) is 3.93. The van der Waals surface area contributed by atoms with E-state index in [0.717, 1.165) is 31.7 Å².